The van der Waals surface area contributed by atoms with Gasteiger partial charge in [-0.25, -0.2) is 4.98 Å². The summed E-state index contributed by atoms with van der Waals surface area (Å²) in [5.41, 5.74) is 6.40. The fraction of sp³-hybridized carbons (Fsp3) is 0.154. The zero-order valence-electron chi connectivity index (χ0n) is 10.3. The van der Waals surface area contributed by atoms with Gasteiger partial charge < -0.3 is 5.73 Å². The van der Waals surface area contributed by atoms with Crippen LogP contribution in [0.1, 0.15) is 20.8 Å². The lowest BCUT2D eigenvalue weighted by Crippen LogP contribution is -2.12. The van der Waals surface area contributed by atoms with Gasteiger partial charge in [0.2, 0.25) is 0 Å². The molecule has 3 N–H and O–H groups in total. The minimum absolute atomic E-state index is 0.252. The van der Waals surface area contributed by atoms with Crippen molar-refractivity contribution in [3.8, 4) is 11.8 Å². The maximum Gasteiger partial charge on any atom is 0.259 e. The molecule has 2 heterocycles. The Hall–Kier alpha value is -2.23. The van der Waals surface area contributed by atoms with Crippen LogP contribution in [0.3, 0.4) is 0 Å². The Labute approximate surface area is 114 Å². The van der Waals surface area contributed by atoms with Gasteiger partial charge in [-0.15, -0.1) is 11.3 Å². The van der Waals surface area contributed by atoms with Crippen LogP contribution in [0.2, 0.25) is 0 Å². The van der Waals surface area contributed by atoms with Crippen LogP contribution in [0.15, 0.2) is 24.7 Å². The molecule has 0 aliphatic heterocycles. The van der Waals surface area contributed by atoms with Crippen molar-refractivity contribution in [3.05, 3.63) is 40.7 Å². The first-order valence-corrected chi connectivity index (χ1v) is 6.38. The summed E-state index contributed by atoms with van der Waals surface area (Å²) in [4.78, 5) is 21.1. The Kier molecular flexibility index (Phi) is 4.23. The van der Waals surface area contributed by atoms with E-state index < -0.39 is 0 Å². The van der Waals surface area contributed by atoms with Crippen molar-refractivity contribution in [1.82, 2.24) is 9.97 Å². The Bertz CT molecular complexity index is 654. The number of aryl methyl sites for hydroxylation is 1. The van der Waals surface area contributed by atoms with Crippen molar-refractivity contribution in [2.75, 3.05) is 11.9 Å². The molecule has 1 amide bonds. The summed E-state index contributed by atoms with van der Waals surface area (Å²) in [7, 11) is 0. The van der Waals surface area contributed by atoms with Crippen molar-refractivity contribution in [2.24, 2.45) is 5.73 Å². The van der Waals surface area contributed by atoms with Crippen molar-refractivity contribution in [1.29, 1.82) is 0 Å². The minimum Gasteiger partial charge on any atom is -0.320 e. The first-order valence-electron chi connectivity index (χ1n) is 5.57. The van der Waals surface area contributed by atoms with E-state index >= 15 is 0 Å². The van der Waals surface area contributed by atoms with Gasteiger partial charge in [-0.2, -0.15) is 0 Å². The van der Waals surface area contributed by atoms with Gasteiger partial charge in [0, 0.05) is 29.0 Å². The molecule has 0 saturated heterocycles. The molecule has 0 bridgehead atoms. The maximum absolute atomic E-state index is 12.0. The fourth-order valence-electron chi connectivity index (χ4n) is 1.37. The van der Waals surface area contributed by atoms with Gasteiger partial charge in [-0.3, -0.25) is 15.1 Å². The van der Waals surface area contributed by atoms with E-state index in [2.05, 4.69) is 27.1 Å². The third-order valence-corrected chi connectivity index (χ3v) is 3.01. The number of aromatic nitrogens is 2. The number of hydrogen-bond donors (Lipinski definition) is 2. The van der Waals surface area contributed by atoms with Crippen LogP contribution < -0.4 is 11.1 Å². The number of carbonyl (C=O) groups excluding carboxylic acids is 1. The molecular formula is C13H12N4OS. The zero-order valence-corrected chi connectivity index (χ0v) is 11.1. The van der Waals surface area contributed by atoms with Crippen LogP contribution in [-0.4, -0.2) is 22.4 Å². The lowest BCUT2D eigenvalue weighted by molar-refractivity contribution is 0.102. The molecule has 0 spiro atoms. The second-order valence-corrected chi connectivity index (χ2v) is 4.93. The predicted octanol–water partition coefficient (Wildman–Crippen LogP) is 1.41. The molecule has 0 aromatic carbocycles. The quantitative estimate of drug-likeness (QED) is 0.810. The first kappa shape index (κ1) is 13.2. The summed E-state index contributed by atoms with van der Waals surface area (Å²) >= 11 is 1.42. The highest BCUT2D eigenvalue weighted by Gasteiger charge is 2.09. The van der Waals surface area contributed by atoms with Crippen LogP contribution in [0, 0.1) is 18.8 Å². The van der Waals surface area contributed by atoms with E-state index in [0.717, 1.165) is 4.88 Å². The molecule has 2 aromatic rings. The Morgan fingerprint density at radius 2 is 2.32 bits per heavy atom. The van der Waals surface area contributed by atoms with Crippen molar-refractivity contribution in [2.45, 2.75) is 6.92 Å². The van der Waals surface area contributed by atoms with E-state index in [1.165, 1.54) is 17.5 Å². The van der Waals surface area contributed by atoms with Crippen LogP contribution in [0.5, 0.6) is 0 Å². The monoisotopic (exact) mass is 272 g/mol. The van der Waals surface area contributed by atoms with Crippen LogP contribution in [0.25, 0.3) is 0 Å². The normalized spacial score (nSPS) is 9.58. The molecule has 0 fully saturated rings. The number of hydrogen-bond acceptors (Lipinski definition) is 5. The average molecular weight is 272 g/mol. The van der Waals surface area contributed by atoms with E-state index in [0.29, 0.717) is 16.3 Å². The van der Waals surface area contributed by atoms with Gasteiger partial charge in [0.1, 0.15) is 0 Å². The molecule has 2 rings (SSSR count). The van der Waals surface area contributed by atoms with Crippen molar-refractivity contribution < 1.29 is 4.79 Å². The highest BCUT2D eigenvalue weighted by atomic mass is 32.1. The van der Waals surface area contributed by atoms with Gasteiger partial charge in [0.05, 0.1) is 12.1 Å². The number of rotatable bonds is 2. The number of anilines is 1. The number of thiazole rings is 1. The summed E-state index contributed by atoms with van der Waals surface area (Å²) < 4.78 is 0. The fourth-order valence-corrected chi connectivity index (χ4v) is 2.03. The standard InChI is InChI=1S/C13H12N4OS/c1-9-6-16-13(19-9)17-12(18)11-5-10(3-2-4-14)7-15-8-11/h5-8H,4,14H2,1H3,(H,16,17,18). The van der Waals surface area contributed by atoms with E-state index in [1.807, 2.05) is 6.92 Å². The second kappa shape index (κ2) is 6.09. The molecule has 0 saturated carbocycles. The molecule has 5 nitrogen and oxygen atoms in total. The Morgan fingerprint density at radius 1 is 1.47 bits per heavy atom. The number of nitrogens with one attached hydrogen (secondary N) is 1. The molecule has 0 aliphatic rings. The van der Waals surface area contributed by atoms with E-state index in [1.54, 1.807) is 18.5 Å². The maximum atomic E-state index is 12.0. The highest BCUT2D eigenvalue weighted by molar-refractivity contribution is 7.15. The molecule has 6 heteroatoms. The Balaban J connectivity index is 2.15. The Morgan fingerprint density at radius 3 is 3.00 bits per heavy atom. The highest BCUT2D eigenvalue weighted by Crippen LogP contribution is 2.17. The summed E-state index contributed by atoms with van der Waals surface area (Å²) in [5, 5.41) is 3.29. The topological polar surface area (TPSA) is 80.9 Å². The van der Waals surface area contributed by atoms with Crippen LogP contribution in [0.4, 0.5) is 5.13 Å². The van der Waals surface area contributed by atoms with E-state index in [-0.39, 0.29) is 12.5 Å². The summed E-state index contributed by atoms with van der Waals surface area (Å²) in [6.07, 6.45) is 4.79. The van der Waals surface area contributed by atoms with Gasteiger partial charge in [0.25, 0.3) is 5.91 Å². The molecule has 96 valence electrons. The third-order valence-electron chi connectivity index (χ3n) is 2.18. The van der Waals surface area contributed by atoms with Gasteiger partial charge in [-0.05, 0) is 13.0 Å². The number of amides is 1. The van der Waals surface area contributed by atoms with Crippen molar-refractivity contribution in [3.63, 3.8) is 0 Å². The number of nitrogens with two attached hydrogens (primary N) is 1. The molecular weight excluding hydrogens is 260 g/mol. The molecule has 0 unspecified atom stereocenters. The van der Waals surface area contributed by atoms with E-state index in [9.17, 15) is 4.79 Å². The van der Waals surface area contributed by atoms with Gasteiger partial charge in [-0.1, -0.05) is 11.8 Å². The molecule has 0 radical (unpaired) electrons. The lowest BCUT2D eigenvalue weighted by Gasteiger charge is -2.01. The number of nitrogens with zero attached hydrogens (tertiary/aromatic N) is 2. The van der Waals surface area contributed by atoms with Gasteiger partial charge in [0.15, 0.2) is 5.13 Å². The third kappa shape index (κ3) is 3.61. The summed E-state index contributed by atoms with van der Waals surface area (Å²) in [6.45, 7) is 2.20. The second-order valence-electron chi connectivity index (χ2n) is 3.70. The van der Waals surface area contributed by atoms with Gasteiger partial charge >= 0.3 is 0 Å². The van der Waals surface area contributed by atoms with Crippen LogP contribution in [-0.2, 0) is 0 Å². The smallest absolute Gasteiger partial charge is 0.259 e. The average Bonchev–Trinajstić information content (AvgIpc) is 2.82. The number of carbonyl (C=O) groups is 1. The molecule has 2 aromatic heterocycles. The summed E-state index contributed by atoms with van der Waals surface area (Å²) in [5.74, 6) is 5.30. The van der Waals surface area contributed by atoms with Crippen LogP contribution >= 0.6 is 11.3 Å². The summed E-state index contributed by atoms with van der Waals surface area (Å²) in [6, 6.07) is 1.67. The zero-order chi connectivity index (χ0) is 13.7. The molecule has 0 atom stereocenters. The lowest BCUT2D eigenvalue weighted by atomic mass is 10.2. The molecule has 0 aliphatic carbocycles. The predicted molar refractivity (Wildman–Crippen MR) is 75.0 cm³/mol. The SMILES string of the molecule is Cc1cnc(NC(=O)c2cncc(C#CCN)c2)s1. The number of pyridine rings is 1. The van der Waals surface area contributed by atoms with E-state index in [4.69, 9.17) is 5.73 Å². The van der Waals surface area contributed by atoms with Crippen molar-refractivity contribution >= 4 is 22.4 Å². The first-order chi connectivity index (χ1) is 9.19. The largest absolute Gasteiger partial charge is 0.320 e. The molecule has 19 heavy (non-hydrogen) atoms. The minimum atomic E-state index is -0.252.